The molecule has 0 aromatic rings. The molecule has 0 aromatic heterocycles. The van der Waals surface area contributed by atoms with E-state index in [0.717, 1.165) is 6.04 Å². The number of hydrogen-bond acceptors (Lipinski definition) is 4. The van der Waals surface area contributed by atoms with Gasteiger partial charge in [-0.05, 0) is 32.5 Å². The molecule has 0 saturated carbocycles. The van der Waals surface area contributed by atoms with Gasteiger partial charge in [0.05, 0.1) is 0 Å². The fourth-order valence-corrected chi connectivity index (χ4v) is 1.76. The van der Waals surface area contributed by atoms with Crippen LogP contribution in [0.25, 0.3) is 0 Å². The van der Waals surface area contributed by atoms with Crippen LogP contribution in [0.2, 0.25) is 19.1 Å². The molecule has 0 radical (unpaired) electrons. The quantitative estimate of drug-likeness (QED) is 0.417. The Hall–Kier alpha value is -1.10. The summed E-state index contributed by atoms with van der Waals surface area (Å²) in [4.78, 5) is 23.1. The Morgan fingerprint density at radius 2 is 1.82 bits per heavy atom. The van der Waals surface area contributed by atoms with Crippen molar-refractivity contribution in [3.8, 4) is 0 Å². The maximum Gasteiger partial charge on any atom is 0.334 e. The Labute approximate surface area is 104 Å². The summed E-state index contributed by atoms with van der Waals surface area (Å²) in [5, 5.41) is 0. The van der Waals surface area contributed by atoms with Crippen LogP contribution in [0.1, 0.15) is 27.2 Å². The first-order chi connectivity index (χ1) is 7.73. The topological polar surface area (TPSA) is 52.6 Å². The minimum absolute atomic E-state index is 0.281. The Morgan fingerprint density at radius 1 is 1.29 bits per heavy atom. The minimum atomic E-state index is -1.96. The molecule has 0 bridgehead atoms. The molecule has 0 aliphatic rings. The minimum Gasteiger partial charge on any atom is -0.517 e. The fourth-order valence-electron chi connectivity index (χ4n) is 0.938. The highest BCUT2D eigenvalue weighted by Crippen LogP contribution is 2.14. The van der Waals surface area contributed by atoms with Crippen molar-refractivity contribution >= 4 is 20.3 Å². The van der Waals surface area contributed by atoms with E-state index in [1.165, 1.54) is 0 Å². The summed E-state index contributed by atoms with van der Waals surface area (Å²) in [7, 11) is -1.96. The molecule has 0 fully saturated rings. The number of hydrogen-bond donors (Lipinski definition) is 0. The van der Waals surface area contributed by atoms with E-state index in [-0.39, 0.29) is 5.57 Å². The summed E-state index contributed by atoms with van der Waals surface area (Å²) in [6.07, 6.45) is -0.413. The normalized spacial score (nSPS) is 12.8. The standard InChI is InChI=1S/C12H22O4Si/c1-7-10(15-11(13)9(3)4)12(14)16-17(5,6)8-2/h10H,3,7-8H2,1-2,4-6H3. The zero-order chi connectivity index (χ0) is 13.6. The van der Waals surface area contributed by atoms with Gasteiger partial charge in [0, 0.05) is 5.57 Å². The molecule has 98 valence electrons. The molecule has 0 heterocycles. The first-order valence-electron chi connectivity index (χ1n) is 5.82. The van der Waals surface area contributed by atoms with Crippen LogP contribution in [-0.4, -0.2) is 26.4 Å². The molecule has 4 nitrogen and oxygen atoms in total. The average molecular weight is 258 g/mol. The van der Waals surface area contributed by atoms with Gasteiger partial charge < -0.3 is 9.16 Å². The molecule has 0 rings (SSSR count). The first kappa shape index (κ1) is 15.9. The SMILES string of the molecule is C=C(C)C(=O)OC(CC)C(=O)O[Si](C)(C)CC. The van der Waals surface area contributed by atoms with E-state index in [2.05, 4.69) is 6.58 Å². The largest absolute Gasteiger partial charge is 0.517 e. The molecular weight excluding hydrogens is 236 g/mol. The van der Waals surface area contributed by atoms with Gasteiger partial charge in [0.2, 0.25) is 8.32 Å². The Kier molecular flexibility index (Phi) is 6.16. The predicted octanol–water partition coefficient (Wildman–Crippen LogP) is 2.65. The maximum atomic E-state index is 11.8. The van der Waals surface area contributed by atoms with E-state index >= 15 is 0 Å². The second-order valence-electron chi connectivity index (χ2n) is 4.62. The van der Waals surface area contributed by atoms with E-state index < -0.39 is 26.4 Å². The third kappa shape index (κ3) is 5.67. The summed E-state index contributed by atoms with van der Waals surface area (Å²) in [5.74, 6) is -0.995. The molecule has 0 N–H and O–H groups in total. The monoisotopic (exact) mass is 258 g/mol. The lowest BCUT2D eigenvalue weighted by Gasteiger charge is -2.24. The summed E-state index contributed by atoms with van der Waals surface area (Å²) >= 11 is 0. The molecular formula is C12H22O4Si. The zero-order valence-corrected chi connectivity index (χ0v) is 12.3. The summed E-state index contributed by atoms with van der Waals surface area (Å²) in [6.45, 7) is 12.7. The molecule has 1 atom stereocenters. The second-order valence-corrected chi connectivity index (χ2v) is 9.05. The van der Waals surface area contributed by atoms with E-state index in [9.17, 15) is 9.59 Å². The van der Waals surface area contributed by atoms with Crippen LogP contribution in [0.4, 0.5) is 0 Å². The molecule has 0 aliphatic carbocycles. The Bertz CT molecular complexity index is 310. The lowest BCUT2D eigenvalue weighted by atomic mass is 10.3. The van der Waals surface area contributed by atoms with Crippen LogP contribution < -0.4 is 0 Å². The first-order valence-corrected chi connectivity index (χ1v) is 8.94. The second kappa shape index (κ2) is 6.59. The van der Waals surface area contributed by atoms with Crippen molar-refractivity contribution in [1.82, 2.24) is 0 Å². The molecule has 17 heavy (non-hydrogen) atoms. The summed E-state index contributed by atoms with van der Waals surface area (Å²) in [6, 6.07) is 0.837. The number of ether oxygens (including phenoxy) is 1. The molecule has 0 aliphatic heterocycles. The zero-order valence-electron chi connectivity index (χ0n) is 11.3. The maximum absolute atomic E-state index is 11.8. The van der Waals surface area contributed by atoms with Crippen LogP contribution in [0.5, 0.6) is 0 Å². The highest BCUT2D eigenvalue weighted by molar-refractivity contribution is 6.72. The summed E-state index contributed by atoms with van der Waals surface area (Å²) < 4.78 is 10.4. The fraction of sp³-hybridized carbons (Fsp3) is 0.667. The Morgan fingerprint density at radius 3 is 2.18 bits per heavy atom. The third-order valence-corrected chi connectivity index (χ3v) is 4.92. The molecule has 1 unspecified atom stereocenters. The van der Waals surface area contributed by atoms with Crippen molar-refractivity contribution in [2.75, 3.05) is 0 Å². The van der Waals surface area contributed by atoms with Crippen molar-refractivity contribution in [3.05, 3.63) is 12.2 Å². The lowest BCUT2D eigenvalue weighted by Crippen LogP contribution is -2.38. The van der Waals surface area contributed by atoms with E-state index in [4.69, 9.17) is 9.16 Å². The van der Waals surface area contributed by atoms with Crippen molar-refractivity contribution in [2.45, 2.75) is 52.4 Å². The number of carbonyl (C=O) groups excluding carboxylic acids is 2. The van der Waals surface area contributed by atoms with Crippen molar-refractivity contribution in [3.63, 3.8) is 0 Å². The molecule has 0 aromatic carbocycles. The smallest absolute Gasteiger partial charge is 0.334 e. The average Bonchev–Trinajstić information content (AvgIpc) is 2.24. The van der Waals surface area contributed by atoms with Gasteiger partial charge in [0.1, 0.15) is 0 Å². The van der Waals surface area contributed by atoms with E-state index in [0.29, 0.717) is 6.42 Å². The van der Waals surface area contributed by atoms with Crippen molar-refractivity contribution in [1.29, 1.82) is 0 Å². The van der Waals surface area contributed by atoms with E-state index in [1.54, 1.807) is 13.8 Å². The highest BCUT2D eigenvalue weighted by Gasteiger charge is 2.30. The molecule has 0 saturated heterocycles. The third-order valence-electron chi connectivity index (χ3n) is 2.46. The molecule has 0 spiro atoms. The van der Waals surface area contributed by atoms with Gasteiger partial charge in [-0.3, -0.25) is 0 Å². The van der Waals surface area contributed by atoms with Gasteiger partial charge in [0.15, 0.2) is 6.10 Å². The number of rotatable bonds is 6. The van der Waals surface area contributed by atoms with Gasteiger partial charge in [-0.25, -0.2) is 9.59 Å². The van der Waals surface area contributed by atoms with Crippen LogP contribution >= 0.6 is 0 Å². The van der Waals surface area contributed by atoms with Crippen LogP contribution in [-0.2, 0) is 18.8 Å². The number of esters is 1. The summed E-state index contributed by atoms with van der Waals surface area (Å²) in [5.41, 5.74) is 0.281. The predicted molar refractivity (Wildman–Crippen MR) is 69.0 cm³/mol. The van der Waals surface area contributed by atoms with Crippen molar-refractivity contribution in [2.24, 2.45) is 0 Å². The molecule has 0 amide bonds. The van der Waals surface area contributed by atoms with Gasteiger partial charge >= 0.3 is 11.9 Å². The van der Waals surface area contributed by atoms with Crippen LogP contribution in [0.3, 0.4) is 0 Å². The van der Waals surface area contributed by atoms with E-state index in [1.807, 2.05) is 20.0 Å². The number of carbonyl (C=O) groups is 2. The van der Waals surface area contributed by atoms with Gasteiger partial charge in [-0.1, -0.05) is 20.4 Å². The van der Waals surface area contributed by atoms with Crippen LogP contribution in [0, 0.1) is 0 Å². The lowest BCUT2D eigenvalue weighted by molar-refractivity contribution is -0.160. The Balaban J connectivity index is 4.52. The van der Waals surface area contributed by atoms with Crippen molar-refractivity contribution < 1.29 is 18.8 Å². The van der Waals surface area contributed by atoms with Gasteiger partial charge in [0.25, 0.3) is 0 Å². The van der Waals surface area contributed by atoms with Gasteiger partial charge in [-0.2, -0.15) is 0 Å². The van der Waals surface area contributed by atoms with Crippen LogP contribution in [0.15, 0.2) is 12.2 Å². The molecule has 5 heteroatoms. The van der Waals surface area contributed by atoms with Gasteiger partial charge in [-0.15, -0.1) is 0 Å². The highest BCUT2D eigenvalue weighted by atomic mass is 28.4.